The van der Waals surface area contributed by atoms with E-state index in [-0.39, 0.29) is 0 Å². The number of benzene rings is 1. The van der Waals surface area contributed by atoms with Crippen molar-refractivity contribution >= 4 is 16.9 Å². The fraction of sp³-hybridized carbons (Fsp3) is 0.133. The van der Waals surface area contributed by atoms with Crippen molar-refractivity contribution in [1.29, 1.82) is 0 Å². The number of hydrogen-bond donors (Lipinski definition) is 3. The van der Waals surface area contributed by atoms with Crippen molar-refractivity contribution < 1.29 is 5.11 Å². The molecule has 19 heavy (non-hydrogen) atoms. The molecule has 0 amide bonds. The van der Waals surface area contributed by atoms with Crippen LogP contribution in [0.2, 0.25) is 0 Å². The Morgan fingerprint density at radius 1 is 1.26 bits per heavy atom. The van der Waals surface area contributed by atoms with Crippen molar-refractivity contribution in [1.82, 2.24) is 9.97 Å². The first-order chi connectivity index (χ1) is 9.15. The zero-order valence-electron chi connectivity index (χ0n) is 10.6. The van der Waals surface area contributed by atoms with Gasteiger partial charge in [-0.2, -0.15) is 0 Å². The smallest absolute Gasteiger partial charge is 0.140 e. The molecule has 0 aliphatic carbocycles. The zero-order valence-corrected chi connectivity index (χ0v) is 10.6. The predicted molar refractivity (Wildman–Crippen MR) is 76.6 cm³/mol. The first kappa shape index (κ1) is 11.7. The van der Waals surface area contributed by atoms with Crippen LogP contribution in [0.3, 0.4) is 0 Å². The normalized spacial score (nSPS) is 12.7. The second-order valence-corrected chi connectivity index (χ2v) is 4.64. The maximum absolute atomic E-state index is 9.68. The van der Waals surface area contributed by atoms with Crippen LogP contribution in [0, 0.1) is 0 Å². The Hall–Kier alpha value is -2.33. The Bertz CT molecular complexity index is 731. The summed E-state index contributed by atoms with van der Waals surface area (Å²) < 4.78 is 0. The lowest BCUT2D eigenvalue weighted by molar-refractivity contribution is 0.199. The average Bonchev–Trinajstić information content (AvgIpc) is 2.85. The molecule has 3 aromatic rings. The van der Waals surface area contributed by atoms with Gasteiger partial charge in [-0.15, -0.1) is 0 Å². The first-order valence-corrected chi connectivity index (χ1v) is 6.17. The Kier molecular flexibility index (Phi) is 2.72. The number of aliphatic hydroxyl groups is 1. The van der Waals surface area contributed by atoms with Gasteiger partial charge in [0.1, 0.15) is 11.5 Å². The molecule has 1 unspecified atom stereocenters. The van der Waals surface area contributed by atoms with Crippen LogP contribution in [0.15, 0.2) is 42.6 Å². The van der Waals surface area contributed by atoms with Gasteiger partial charge in [0.05, 0.1) is 6.10 Å². The van der Waals surface area contributed by atoms with Crippen LogP contribution in [-0.4, -0.2) is 15.1 Å². The van der Waals surface area contributed by atoms with Crippen LogP contribution in [-0.2, 0) is 0 Å². The number of nitrogen functional groups attached to an aromatic ring is 1. The number of nitrogens with zero attached hydrogens (tertiary/aromatic N) is 1. The number of pyridine rings is 1. The quantitative estimate of drug-likeness (QED) is 0.657. The van der Waals surface area contributed by atoms with E-state index in [1.807, 2.05) is 42.6 Å². The highest BCUT2D eigenvalue weighted by Gasteiger charge is 2.09. The van der Waals surface area contributed by atoms with Gasteiger partial charge in [0.15, 0.2) is 0 Å². The van der Waals surface area contributed by atoms with E-state index >= 15 is 0 Å². The van der Waals surface area contributed by atoms with Gasteiger partial charge >= 0.3 is 0 Å². The minimum Gasteiger partial charge on any atom is -0.389 e. The van der Waals surface area contributed by atoms with Gasteiger partial charge in [-0.05, 0) is 41.8 Å². The molecule has 0 radical (unpaired) electrons. The molecule has 2 heterocycles. The summed E-state index contributed by atoms with van der Waals surface area (Å²) >= 11 is 0. The second-order valence-electron chi connectivity index (χ2n) is 4.64. The van der Waals surface area contributed by atoms with Crippen molar-refractivity contribution in [2.75, 3.05) is 5.73 Å². The molecule has 0 spiro atoms. The van der Waals surface area contributed by atoms with Gasteiger partial charge in [0, 0.05) is 11.6 Å². The second kappa shape index (κ2) is 4.40. The molecule has 4 nitrogen and oxygen atoms in total. The Morgan fingerprint density at radius 2 is 2.11 bits per heavy atom. The van der Waals surface area contributed by atoms with E-state index in [0.717, 1.165) is 27.7 Å². The van der Waals surface area contributed by atoms with Gasteiger partial charge in [-0.1, -0.05) is 18.2 Å². The van der Waals surface area contributed by atoms with E-state index in [9.17, 15) is 5.11 Å². The number of aliphatic hydroxyl groups excluding tert-OH is 1. The molecule has 0 saturated heterocycles. The predicted octanol–water partition coefficient (Wildman–Crippen LogP) is 2.87. The summed E-state index contributed by atoms with van der Waals surface area (Å²) in [5.41, 5.74) is 9.54. The highest BCUT2D eigenvalue weighted by Crippen LogP contribution is 2.30. The summed E-state index contributed by atoms with van der Waals surface area (Å²) in [7, 11) is 0. The monoisotopic (exact) mass is 253 g/mol. The molecule has 3 rings (SSSR count). The Balaban J connectivity index is 2.23. The highest BCUT2D eigenvalue weighted by atomic mass is 16.3. The van der Waals surface area contributed by atoms with Crippen molar-refractivity contribution in [2.24, 2.45) is 0 Å². The van der Waals surface area contributed by atoms with E-state index in [1.54, 1.807) is 6.92 Å². The molecule has 1 aromatic carbocycles. The van der Waals surface area contributed by atoms with Crippen LogP contribution < -0.4 is 5.73 Å². The van der Waals surface area contributed by atoms with Crippen LogP contribution in [0.25, 0.3) is 22.2 Å². The molecule has 4 N–H and O–H groups in total. The molecule has 0 aliphatic heterocycles. The summed E-state index contributed by atoms with van der Waals surface area (Å²) in [5.74, 6) is 0.479. The maximum atomic E-state index is 9.68. The molecule has 0 bridgehead atoms. The van der Waals surface area contributed by atoms with Crippen LogP contribution in [0.5, 0.6) is 0 Å². The third kappa shape index (κ3) is 2.06. The number of nitrogens with two attached hydrogens (primary N) is 1. The molecule has 0 saturated carbocycles. The highest BCUT2D eigenvalue weighted by molar-refractivity contribution is 5.94. The molecular formula is C15H15N3O. The third-order valence-corrected chi connectivity index (χ3v) is 3.23. The molecule has 1 atom stereocenters. The van der Waals surface area contributed by atoms with Crippen molar-refractivity contribution in [3.63, 3.8) is 0 Å². The molecule has 4 heteroatoms. The number of rotatable bonds is 2. The Labute approximate surface area is 110 Å². The maximum Gasteiger partial charge on any atom is 0.140 e. The molecule has 96 valence electrons. The number of hydrogen-bond acceptors (Lipinski definition) is 3. The van der Waals surface area contributed by atoms with E-state index in [0.29, 0.717) is 5.82 Å². The van der Waals surface area contributed by atoms with E-state index in [1.165, 1.54) is 0 Å². The van der Waals surface area contributed by atoms with Crippen molar-refractivity contribution in [3.05, 3.63) is 48.2 Å². The van der Waals surface area contributed by atoms with Crippen LogP contribution >= 0.6 is 0 Å². The van der Waals surface area contributed by atoms with E-state index in [4.69, 9.17) is 5.73 Å². The summed E-state index contributed by atoms with van der Waals surface area (Å²) in [6.45, 7) is 1.76. The fourth-order valence-corrected chi connectivity index (χ4v) is 2.26. The largest absolute Gasteiger partial charge is 0.389 e. The lowest BCUT2D eigenvalue weighted by Crippen LogP contribution is -1.94. The summed E-state index contributed by atoms with van der Waals surface area (Å²) in [6.07, 6.45) is 1.36. The van der Waals surface area contributed by atoms with E-state index < -0.39 is 6.10 Å². The van der Waals surface area contributed by atoms with E-state index in [2.05, 4.69) is 9.97 Å². The van der Waals surface area contributed by atoms with Gasteiger partial charge in [0.2, 0.25) is 0 Å². The number of anilines is 1. The number of aromatic amines is 1. The van der Waals surface area contributed by atoms with Gasteiger partial charge in [0.25, 0.3) is 0 Å². The number of nitrogens with one attached hydrogen (secondary N) is 1. The number of H-pyrrole nitrogens is 1. The topological polar surface area (TPSA) is 74.9 Å². The molecular weight excluding hydrogens is 238 g/mol. The SMILES string of the molecule is CC(O)c1cccc(-c2cc(N)nc3[nH]ccc23)c1. The standard InChI is InChI=1S/C15H15N3O/c1-9(19)10-3-2-4-11(7-10)13-8-14(16)18-15-12(13)5-6-17-15/h2-9,19H,1H3,(H3,16,17,18). The van der Waals surface area contributed by atoms with Gasteiger partial charge in [-0.3, -0.25) is 0 Å². The third-order valence-electron chi connectivity index (χ3n) is 3.23. The first-order valence-electron chi connectivity index (χ1n) is 6.17. The van der Waals surface area contributed by atoms with Crippen LogP contribution in [0.1, 0.15) is 18.6 Å². The minimum absolute atomic E-state index is 0.479. The summed E-state index contributed by atoms with van der Waals surface area (Å²) in [5, 5.41) is 10.7. The fourth-order valence-electron chi connectivity index (χ4n) is 2.26. The van der Waals surface area contributed by atoms with Gasteiger partial charge < -0.3 is 15.8 Å². The molecule has 2 aromatic heterocycles. The average molecular weight is 253 g/mol. The lowest BCUT2D eigenvalue weighted by atomic mass is 9.99. The van der Waals surface area contributed by atoms with Gasteiger partial charge in [-0.25, -0.2) is 4.98 Å². The summed E-state index contributed by atoms with van der Waals surface area (Å²) in [6, 6.07) is 11.7. The summed E-state index contributed by atoms with van der Waals surface area (Å²) in [4.78, 5) is 7.32. The molecule has 0 fully saturated rings. The number of fused-ring (bicyclic) bond motifs is 1. The zero-order chi connectivity index (χ0) is 13.4. The number of aromatic nitrogens is 2. The van der Waals surface area contributed by atoms with Crippen molar-refractivity contribution in [2.45, 2.75) is 13.0 Å². The Morgan fingerprint density at radius 3 is 2.89 bits per heavy atom. The lowest BCUT2D eigenvalue weighted by Gasteiger charge is -2.09. The van der Waals surface area contributed by atoms with Crippen LogP contribution in [0.4, 0.5) is 5.82 Å². The van der Waals surface area contributed by atoms with Crippen molar-refractivity contribution in [3.8, 4) is 11.1 Å². The minimum atomic E-state index is -0.485. The molecule has 0 aliphatic rings.